The third-order valence-electron chi connectivity index (χ3n) is 2.58. The second kappa shape index (κ2) is 6.62. The van der Waals surface area contributed by atoms with Gasteiger partial charge in [-0.2, -0.15) is 0 Å². The Morgan fingerprint density at radius 3 is 2.47 bits per heavy atom. The van der Waals surface area contributed by atoms with Crippen molar-refractivity contribution in [1.29, 1.82) is 0 Å². The van der Waals surface area contributed by atoms with E-state index in [0.717, 1.165) is 5.56 Å². The molecule has 2 unspecified atom stereocenters. The molecule has 0 heterocycles. The number of aliphatic hydroxyl groups excluding tert-OH is 1. The number of carbonyl (C=O) groups is 1. The molecule has 94 valence electrons. The van der Waals surface area contributed by atoms with Crippen LogP contribution in [0.3, 0.4) is 0 Å². The van der Waals surface area contributed by atoms with Crippen molar-refractivity contribution in [3.05, 3.63) is 35.9 Å². The first-order valence-electron chi connectivity index (χ1n) is 5.67. The van der Waals surface area contributed by atoms with Crippen molar-refractivity contribution in [2.45, 2.75) is 25.3 Å². The molecule has 17 heavy (non-hydrogen) atoms. The Kier molecular flexibility index (Phi) is 5.45. The van der Waals surface area contributed by atoms with Crippen molar-refractivity contribution in [2.75, 3.05) is 6.54 Å². The molecule has 0 saturated carbocycles. The Bertz CT molecular complexity index is 354. The van der Waals surface area contributed by atoms with E-state index in [0.29, 0.717) is 0 Å². The Balaban J connectivity index is 2.48. The van der Waals surface area contributed by atoms with Crippen LogP contribution in [-0.2, 0) is 4.79 Å². The average Bonchev–Trinajstić information content (AvgIpc) is 2.35. The minimum atomic E-state index is -0.712. The van der Waals surface area contributed by atoms with Crippen LogP contribution in [-0.4, -0.2) is 23.7 Å². The van der Waals surface area contributed by atoms with Gasteiger partial charge in [-0.15, -0.1) is 11.6 Å². The van der Waals surface area contributed by atoms with E-state index in [1.807, 2.05) is 32.0 Å². The van der Waals surface area contributed by atoms with Gasteiger partial charge in [0.25, 0.3) is 0 Å². The van der Waals surface area contributed by atoms with Crippen molar-refractivity contribution in [3.8, 4) is 0 Å². The van der Waals surface area contributed by atoms with Crippen LogP contribution < -0.4 is 5.32 Å². The molecule has 0 aliphatic heterocycles. The summed E-state index contributed by atoms with van der Waals surface area (Å²) in [7, 11) is 0. The monoisotopic (exact) mass is 255 g/mol. The van der Waals surface area contributed by atoms with E-state index >= 15 is 0 Å². The summed E-state index contributed by atoms with van der Waals surface area (Å²) in [6.07, 6.45) is -0.543. The fraction of sp³-hybridized carbons (Fsp3) is 0.462. The van der Waals surface area contributed by atoms with Crippen LogP contribution in [0.15, 0.2) is 30.3 Å². The van der Waals surface area contributed by atoms with Gasteiger partial charge in [0.15, 0.2) is 0 Å². The van der Waals surface area contributed by atoms with Crippen LogP contribution in [0.5, 0.6) is 0 Å². The molecular formula is C13H18ClNO2. The highest BCUT2D eigenvalue weighted by atomic mass is 35.5. The van der Waals surface area contributed by atoms with Crippen molar-refractivity contribution in [2.24, 2.45) is 5.92 Å². The van der Waals surface area contributed by atoms with Crippen LogP contribution in [0.25, 0.3) is 0 Å². The van der Waals surface area contributed by atoms with Gasteiger partial charge in [0, 0.05) is 6.54 Å². The molecule has 0 saturated heterocycles. The SMILES string of the molecule is CC(C)C(O)CNC(=O)C(Cl)c1ccccc1. The Labute approximate surface area is 107 Å². The first-order chi connectivity index (χ1) is 8.02. The van der Waals surface area contributed by atoms with Gasteiger partial charge in [-0.1, -0.05) is 44.2 Å². The molecule has 0 bridgehead atoms. The van der Waals surface area contributed by atoms with Gasteiger partial charge in [-0.25, -0.2) is 0 Å². The number of halogens is 1. The average molecular weight is 256 g/mol. The highest BCUT2D eigenvalue weighted by Gasteiger charge is 2.18. The third kappa shape index (κ3) is 4.36. The number of hydrogen-bond acceptors (Lipinski definition) is 2. The maximum Gasteiger partial charge on any atom is 0.242 e. The number of carbonyl (C=O) groups excluding carboxylic acids is 1. The molecule has 3 nitrogen and oxygen atoms in total. The molecule has 0 spiro atoms. The predicted octanol–water partition coefficient (Wildman–Crippen LogP) is 2.10. The van der Waals surface area contributed by atoms with E-state index in [9.17, 15) is 9.90 Å². The van der Waals surface area contributed by atoms with Gasteiger partial charge < -0.3 is 10.4 Å². The molecule has 0 aliphatic rings. The molecule has 4 heteroatoms. The van der Waals surface area contributed by atoms with E-state index in [-0.39, 0.29) is 18.4 Å². The second-order valence-electron chi connectivity index (χ2n) is 4.33. The van der Waals surface area contributed by atoms with Gasteiger partial charge in [0.05, 0.1) is 6.10 Å². The van der Waals surface area contributed by atoms with Crippen molar-refractivity contribution >= 4 is 17.5 Å². The van der Waals surface area contributed by atoms with Crippen LogP contribution in [0.1, 0.15) is 24.8 Å². The number of hydrogen-bond donors (Lipinski definition) is 2. The lowest BCUT2D eigenvalue weighted by atomic mass is 10.1. The fourth-order valence-corrected chi connectivity index (χ4v) is 1.53. The normalized spacial score (nSPS) is 14.4. The van der Waals surface area contributed by atoms with E-state index in [1.165, 1.54) is 0 Å². The summed E-state index contributed by atoms with van der Waals surface area (Å²) in [4.78, 5) is 11.7. The summed E-state index contributed by atoms with van der Waals surface area (Å²) in [5.74, 6) is -0.168. The molecule has 0 radical (unpaired) electrons. The quantitative estimate of drug-likeness (QED) is 0.792. The highest BCUT2D eigenvalue weighted by molar-refractivity contribution is 6.30. The van der Waals surface area contributed by atoms with Crippen LogP contribution in [0, 0.1) is 5.92 Å². The van der Waals surface area contributed by atoms with Gasteiger partial charge in [-0.3, -0.25) is 4.79 Å². The first kappa shape index (κ1) is 14.0. The van der Waals surface area contributed by atoms with Crippen molar-refractivity contribution in [3.63, 3.8) is 0 Å². The molecular weight excluding hydrogens is 238 g/mol. The van der Waals surface area contributed by atoms with Crippen LogP contribution in [0.4, 0.5) is 0 Å². The fourth-order valence-electron chi connectivity index (χ4n) is 1.30. The van der Waals surface area contributed by atoms with E-state index in [2.05, 4.69) is 5.32 Å². The molecule has 0 aliphatic carbocycles. The topological polar surface area (TPSA) is 49.3 Å². The number of aliphatic hydroxyl groups is 1. The van der Waals surface area contributed by atoms with Gasteiger partial charge in [0.1, 0.15) is 5.38 Å². The summed E-state index contributed by atoms with van der Waals surface area (Å²) in [5.41, 5.74) is 0.755. The smallest absolute Gasteiger partial charge is 0.242 e. The van der Waals surface area contributed by atoms with Crippen molar-refractivity contribution < 1.29 is 9.90 Å². The molecule has 0 fully saturated rings. The Morgan fingerprint density at radius 1 is 1.35 bits per heavy atom. The molecule has 2 atom stereocenters. The third-order valence-corrected chi connectivity index (χ3v) is 3.03. The molecule has 1 aromatic rings. The van der Waals surface area contributed by atoms with E-state index < -0.39 is 11.5 Å². The minimum Gasteiger partial charge on any atom is -0.391 e. The summed E-state index contributed by atoms with van der Waals surface area (Å²) in [6, 6.07) is 9.14. The zero-order valence-electron chi connectivity index (χ0n) is 10.1. The lowest BCUT2D eigenvalue weighted by Gasteiger charge is -2.16. The van der Waals surface area contributed by atoms with Crippen molar-refractivity contribution in [1.82, 2.24) is 5.32 Å². The van der Waals surface area contributed by atoms with Gasteiger partial charge in [-0.05, 0) is 11.5 Å². The largest absolute Gasteiger partial charge is 0.391 e. The number of benzene rings is 1. The molecule has 0 aromatic heterocycles. The number of rotatable bonds is 5. The van der Waals surface area contributed by atoms with Crippen LogP contribution >= 0.6 is 11.6 Å². The maximum absolute atomic E-state index is 11.7. The molecule has 1 rings (SSSR count). The van der Waals surface area contributed by atoms with Gasteiger partial charge >= 0.3 is 0 Å². The lowest BCUT2D eigenvalue weighted by Crippen LogP contribution is -2.36. The van der Waals surface area contributed by atoms with E-state index in [1.54, 1.807) is 12.1 Å². The Hall–Kier alpha value is -1.06. The molecule has 2 N–H and O–H groups in total. The Morgan fingerprint density at radius 2 is 1.94 bits per heavy atom. The number of amides is 1. The zero-order valence-corrected chi connectivity index (χ0v) is 10.8. The van der Waals surface area contributed by atoms with Gasteiger partial charge in [0.2, 0.25) is 5.91 Å². The van der Waals surface area contributed by atoms with Crippen LogP contribution in [0.2, 0.25) is 0 Å². The molecule has 1 amide bonds. The predicted molar refractivity (Wildman–Crippen MR) is 68.9 cm³/mol. The summed E-state index contributed by atoms with van der Waals surface area (Å²) < 4.78 is 0. The lowest BCUT2D eigenvalue weighted by molar-refractivity contribution is -0.121. The summed E-state index contributed by atoms with van der Waals surface area (Å²) in [6.45, 7) is 4.02. The minimum absolute atomic E-state index is 0.112. The first-order valence-corrected chi connectivity index (χ1v) is 6.10. The molecule has 1 aromatic carbocycles. The second-order valence-corrected chi connectivity index (χ2v) is 4.77. The highest BCUT2D eigenvalue weighted by Crippen LogP contribution is 2.19. The maximum atomic E-state index is 11.7. The summed E-state index contributed by atoms with van der Waals surface area (Å²) in [5, 5.41) is 11.5. The number of alkyl halides is 1. The number of nitrogens with one attached hydrogen (secondary N) is 1. The zero-order chi connectivity index (χ0) is 12.8. The summed E-state index contributed by atoms with van der Waals surface area (Å²) >= 11 is 6.03. The van der Waals surface area contributed by atoms with E-state index in [4.69, 9.17) is 11.6 Å². The standard InChI is InChI=1S/C13H18ClNO2/c1-9(2)11(16)8-15-13(17)12(14)10-6-4-3-5-7-10/h3-7,9,11-12,16H,8H2,1-2H3,(H,15,17).